The molecule has 0 aromatic heterocycles. The molecule has 3 rings (SSSR count). The third kappa shape index (κ3) is 5.66. The van der Waals surface area contributed by atoms with E-state index in [9.17, 15) is 9.59 Å². The lowest BCUT2D eigenvalue weighted by atomic mass is 10.2. The van der Waals surface area contributed by atoms with Crippen molar-refractivity contribution in [3.8, 4) is 0 Å². The van der Waals surface area contributed by atoms with Crippen LogP contribution in [0.5, 0.6) is 0 Å². The molecular weight excluding hydrogens is 499 g/mol. The average Bonchev–Trinajstić information content (AvgIpc) is 2.73. The van der Waals surface area contributed by atoms with Gasteiger partial charge in [0, 0.05) is 41.7 Å². The lowest BCUT2D eigenvalue weighted by Gasteiger charge is -2.37. The Hall–Kier alpha value is -2.20. The molecule has 0 atom stereocenters. The molecule has 1 saturated heterocycles. The number of nitrogens with one attached hydrogen (secondary N) is 2. The van der Waals surface area contributed by atoms with Gasteiger partial charge in [0.2, 0.25) is 5.91 Å². The van der Waals surface area contributed by atoms with Gasteiger partial charge < -0.3 is 15.1 Å². The van der Waals surface area contributed by atoms with Gasteiger partial charge in [0.25, 0.3) is 5.91 Å². The van der Waals surface area contributed by atoms with Gasteiger partial charge in [0.15, 0.2) is 5.11 Å². The first-order chi connectivity index (χ1) is 14.0. The molecule has 2 amide bonds. The minimum absolute atomic E-state index is 0.190. The third-order valence-electron chi connectivity index (χ3n) is 4.74. The van der Waals surface area contributed by atoms with Crippen LogP contribution in [-0.2, 0) is 4.79 Å². The van der Waals surface area contributed by atoms with Crippen molar-refractivity contribution < 1.29 is 9.59 Å². The van der Waals surface area contributed by atoms with E-state index in [0.717, 1.165) is 28.0 Å². The average molecular weight is 522 g/mol. The number of thiocarbonyl (C=S) groups is 1. The molecule has 0 spiro atoms. The van der Waals surface area contributed by atoms with Crippen LogP contribution in [-0.4, -0.2) is 48.0 Å². The molecule has 2 N–H and O–H groups in total. The number of para-hydroxylation sites is 2. The summed E-state index contributed by atoms with van der Waals surface area (Å²) in [5.41, 5.74) is 2.39. The number of piperazine rings is 1. The van der Waals surface area contributed by atoms with Gasteiger partial charge in [-0.1, -0.05) is 25.1 Å². The highest BCUT2D eigenvalue weighted by Gasteiger charge is 2.22. The monoisotopic (exact) mass is 522 g/mol. The van der Waals surface area contributed by atoms with Crippen LogP contribution in [0.4, 0.5) is 11.4 Å². The van der Waals surface area contributed by atoms with E-state index in [0.29, 0.717) is 25.1 Å². The topological polar surface area (TPSA) is 64.7 Å². The number of anilines is 2. The molecular formula is C21H23IN4O2S. The van der Waals surface area contributed by atoms with Gasteiger partial charge in [-0.2, -0.15) is 0 Å². The summed E-state index contributed by atoms with van der Waals surface area (Å²) >= 11 is 7.53. The summed E-state index contributed by atoms with van der Waals surface area (Å²) in [7, 11) is 0. The van der Waals surface area contributed by atoms with Crippen LogP contribution in [0.15, 0.2) is 48.5 Å². The number of hydrogen-bond acceptors (Lipinski definition) is 4. The van der Waals surface area contributed by atoms with Gasteiger partial charge in [-0.15, -0.1) is 0 Å². The second kappa shape index (κ2) is 10.0. The SMILES string of the molecule is CCC(=O)N1CCN(c2ccccc2NC(=S)NC(=O)c2cccc(I)c2)CC1. The number of halogens is 1. The number of amides is 2. The summed E-state index contributed by atoms with van der Waals surface area (Å²) in [6, 6.07) is 15.2. The van der Waals surface area contributed by atoms with Crippen molar-refractivity contribution in [2.45, 2.75) is 13.3 Å². The summed E-state index contributed by atoms with van der Waals surface area (Å²) in [4.78, 5) is 28.5. The van der Waals surface area contributed by atoms with E-state index < -0.39 is 0 Å². The highest BCUT2D eigenvalue weighted by Crippen LogP contribution is 2.26. The molecule has 1 fully saturated rings. The van der Waals surface area contributed by atoms with Gasteiger partial charge in [-0.05, 0) is 65.1 Å². The van der Waals surface area contributed by atoms with E-state index in [1.54, 1.807) is 6.07 Å². The molecule has 0 radical (unpaired) electrons. The molecule has 1 aliphatic heterocycles. The Morgan fingerprint density at radius 1 is 1.07 bits per heavy atom. The van der Waals surface area contributed by atoms with Crippen molar-refractivity contribution in [3.05, 3.63) is 57.7 Å². The van der Waals surface area contributed by atoms with E-state index in [4.69, 9.17) is 12.2 Å². The second-order valence-electron chi connectivity index (χ2n) is 6.66. The van der Waals surface area contributed by atoms with Gasteiger partial charge in [0.05, 0.1) is 11.4 Å². The Balaban J connectivity index is 1.64. The van der Waals surface area contributed by atoms with Crippen molar-refractivity contribution in [3.63, 3.8) is 0 Å². The normalized spacial score (nSPS) is 13.7. The highest BCUT2D eigenvalue weighted by molar-refractivity contribution is 14.1. The van der Waals surface area contributed by atoms with Crippen LogP contribution < -0.4 is 15.5 Å². The van der Waals surface area contributed by atoms with Crippen LogP contribution >= 0.6 is 34.8 Å². The molecule has 0 saturated carbocycles. The molecule has 152 valence electrons. The molecule has 2 aromatic carbocycles. The zero-order valence-electron chi connectivity index (χ0n) is 16.2. The van der Waals surface area contributed by atoms with Crippen LogP contribution in [0.3, 0.4) is 0 Å². The number of nitrogens with zero attached hydrogens (tertiary/aromatic N) is 2. The number of hydrogen-bond donors (Lipinski definition) is 2. The molecule has 1 heterocycles. The molecule has 0 aliphatic carbocycles. The van der Waals surface area contributed by atoms with Gasteiger partial charge >= 0.3 is 0 Å². The summed E-state index contributed by atoms with van der Waals surface area (Å²) in [6.45, 7) is 4.81. The Labute approximate surface area is 189 Å². The Bertz CT molecular complexity index is 913. The summed E-state index contributed by atoms with van der Waals surface area (Å²) < 4.78 is 0.986. The smallest absolute Gasteiger partial charge is 0.257 e. The maximum absolute atomic E-state index is 12.4. The van der Waals surface area contributed by atoms with Crippen molar-refractivity contribution >= 4 is 63.1 Å². The minimum atomic E-state index is -0.245. The quantitative estimate of drug-likeness (QED) is 0.476. The molecule has 8 heteroatoms. The Morgan fingerprint density at radius 3 is 2.48 bits per heavy atom. The zero-order chi connectivity index (χ0) is 20.8. The highest BCUT2D eigenvalue weighted by atomic mass is 127. The predicted octanol–water partition coefficient (Wildman–Crippen LogP) is 3.48. The molecule has 6 nitrogen and oxygen atoms in total. The minimum Gasteiger partial charge on any atom is -0.366 e. The van der Waals surface area contributed by atoms with Crippen molar-refractivity contribution in [2.24, 2.45) is 0 Å². The van der Waals surface area contributed by atoms with Crippen molar-refractivity contribution in [1.82, 2.24) is 10.2 Å². The molecule has 29 heavy (non-hydrogen) atoms. The van der Waals surface area contributed by atoms with E-state index >= 15 is 0 Å². The van der Waals surface area contributed by atoms with E-state index in [2.05, 4.69) is 38.1 Å². The van der Waals surface area contributed by atoms with Crippen LogP contribution in [0.2, 0.25) is 0 Å². The summed E-state index contributed by atoms with van der Waals surface area (Å²) in [5.74, 6) is -0.0549. The van der Waals surface area contributed by atoms with Crippen LogP contribution in [0.25, 0.3) is 0 Å². The first-order valence-electron chi connectivity index (χ1n) is 9.47. The maximum Gasteiger partial charge on any atom is 0.257 e. The predicted molar refractivity (Wildman–Crippen MR) is 128 cm³/mol. The largest absolute Gasteiger partial charge is 0.366 e. The fourth-order valence-corrected chi connectivity index (χ4v) is 3.98. The molecule has 0 bridgehead atoms. The Morgan fingerprint density at radius 2 is 1.79 bits per heavy atom. The van der Waals surface area contributed by atoms with Gasteiger partial charge in [-0.25, -0.2) is 0 Å². The van der Waals surface area contributed by atoms with Crippen molar-refractivity contribution in [2.75, 3.05) is 36.4 Å². The third-order valence-corrected chi connectivity index (χ3v) is 5.62. The maximum atomic E-state index is 12.4. The van der Waals surface area contributed by atoms with Crippen molar-refractivity contribution in [1.29, 1.82) is 0 Å². The molecule has 1 aliphatic rings. The lowest BCUT2D eigenvalue weighted by molar-refractivity contribution is -0.131. The van der Waals surface area contributed by atoms with Crippen LogP contribution in [0.1, 0.15) is 23.7 Å². The number of rotatable bonds is 4. The molecule has 0 unspecified atom stereocenters. The number of benzene rings is 2. The zero-order valence-corrected chi connectivity index (χ0v) is 19.1. The fraction of sp³-hybridized carbons (Fsp3) is 0.286. The second-order valence-corrected chi connectivity index (χ2v) is 8.31. The fourth-order valence-electron chi connectivity index (χ4n) is 3.23. The summed E-state index contributed by atoms with van der Waals surface area (Å²) in [6.07, 6.45) is 0.534. The Kier molecular flexibility index (Phi) is 7.43. The van der Waals surface area contributed by atoms with Gasteiger partial charge in [-0.3, -0.25) is 14.9 Å². The number of carbonyl (C=O) groups excluding carboxylic acids is 2. The van der Waals surface area contributed by atoms with E-state index in [1.807, 2.05) is 54.3 Å². The number of carbonyl (C=O) groups is 2. The van der Waals surface area contributed by atoms with E-state index in [1.165, 1.54) is 0 Å². The van der Waals surface area contributed by atoms with Gasteiger partial charge in [0.1, 0.15) is 0 Å². The molecule has 2 aromatic rings. The lowest BCUT2D eigenvalue weighted by Crippen LogP contribution is -2.48. The first-order valence-corrected chi connectivity index (χ1v) is 11.0. The first kappa shape index (κ1) is 21.5. The van der Waals surface area contributed by atoms with Crippen LogP contribution in [0, 0.1) is 3.57 Å². The summed E-state index contributed by atoms with van der Waals surface area (Å²) in [5, 5.41) is 6.13. The van der Waals surface area contributed by atoms with E-state index in [-0.39, 0.29) is 16.9 Å². The standard InChI is InChI=1S/C21H23IN4O2S/c1-2-19(27)26-12-10-25(11-13-26)18-9-4-3-8-17(18)23-21(29)24-20(28)15-6-5-7-16(22)14-15/h3-9,14H,2,10-13H2,1H3,(H2,23,24,28,29).